The summed E-state index contributed by atoms with van der Waals surface area (Å²) in [6, 6.07) is 10.0. The lowest BCUT2D eigenvalue weighted by Gasteiger charge is -2.28. The molecule has 1 N–H and O–H groups in total. The Kier molecular flexibility index (Phi) is 6.03. The standard InChI is InChI=1S/C24H27N7O2/c1-3-19-12-22-23(30-8-10-33-11-9-30)28-21(16-31(22)29-19)18-14-26-24(27-15-18)25-13-17-4-6-20(32-2)7-5-17/h4-7,12,14-16H,3,8-11,13H2,1-2H3,(H,25,26,27). The highest BCUT2D eigenvalue weighted by atomic mass is 16.5. The molecule has 0 unspecified atom stereocenters. The van der Waals surface area contributed by atoms with Gasteiger partial charge in [0.05, 0.1) is 37.9 Å². The number of aryl methyl sites for hydroxylation is 1. The predicted octanol–water partition coefficient (Wildman–Crippen LogP) is 3.21. The van der Waals surface area contributed by atoms with Gasteiger partial charge in [-0.15, -0.1) is 0 Å². The lowest BCUT2D eigenvalue weighted by atomic mass is 10.2. The van der Waals surface area contributed by atoms with Crippen LogP contribution in [0.5, 0.6) is 5.75 Å². The van der Waals surface area contributed by atoms with Crippen LogP contribution in [0.3, 0.4) is 0 Å². The summed E-state index contributed by atoms with van der Waals surface area (Å²) in [5.41, 5.74) is 4.80. The van der Waals surface area contributed by atoms with Gasteiger partial charge in [-0.2, -0.15) is 5.10 Å². The van der Waals surface area contributed by atoms with Gasteiger partial charge in [-0.1, -0.05) is 19.1 Å². The molecule has 1 aromatic carbocycles. The molecule has 0 saturated carbocycles. The largest absolute Gasteiger partial charge is 0.497 e. The average molecular weight is 446 g/mol. The van der Waals surface area contributed by atoms with E-state index in [1.54, 1.807) is 19.5 Å². The van der Waals surface area contributed by atoms with Gasteiger partial charge in [0.1, 0.15) is 11.3 Å². The van der Waals surface area contributed by atoms with Gasteiger partial charge in [-0.05, 0) is 30.2 Å². The maximum Gasteiger partial charge on any atom is 0.222 e. The van der Waals surface area contributed by atoms with Crippen LogP contribution in [0, 0.1) is 0 Å². The van der Waals surface area contributed by atoms with Crippen LogP contribution in [-0.2, 0) is 17.7 Å². The van der Waals surface area contributed by atoms with Crippen LogP contribution < -0.4 is 15.0 Å². The predicted molar refractivity (Wildman–Crippen MR) is 127 cm³/mol. The molecule has 0 bridgehead atoms. The number of morpholine rings is 1. The fraction of sp³-hybridized carbons (Fsp3) is 0.333. The zero-order valence-corrected chi connectivity index (χ0v) is 18.9. The smallest absolute Gasteiger partial charge is 0.222 e. The van der Waals surface area contributed by atoms with Crippen LogP contribution in [0.4, 0.5) is 11.8 Å². The molecule has 33 heavy (non-hydrogen) atoms. The van der Waals surface area contributed by atoms with Crippen molar-refractivity contribution < 1.29 is 9.47 Å². The second-order valence-corrected chi connectivity index (χ2v) is 7.87. The van der Waals surface area contributed by atoms with Gasteiger partial charge in [0.15, 0.2) is 5.82 Å². The Labute approximate surface area is 192 Å². The first-order valence-electron chi connectivity index (χ1n) is 11.1. The number of nitrogens with one attached hydrogen (secondary N) is 1. The zero-order chi connectivity index (χ0) is 22.6. The number of hydrogen-bond donors (Lipinski definition) is 1. The molecular formula is C24H27N7O2. The maximum absolute atomic E-state index is 5.53. The summed E-state index contributed by atoms with van der Waals surface area (Å²) >= 11 is 0. The molecule has 0 aliphatic carbocycles. The van der Waals surface area contributed by atoms with Crippen molar-refractivity contribution >= 4 is 17.3 Å². The highest BCUT2D eigenvalue weighted by Gasteiger charge is 2.19. The highest BCUT2D eigenvalue weighted by molar-refractivity contribution is 5.73. The number of fused-ring (bicyclic) bond motifs is 1. The summed E-state index contributed by atoms with van der Waals surface area (Å²) < 4.78 is 12.6. The van der Waals surface area contributed by atoms with Crippen molar-refractivity contribution in [1.82, 2.24) is 24.6 Å². The van der Waals surface area contributed by atoms with E-state index in [0.29, 0.717) is 25.7 Å². The quantitative estimate of drug-likeness (QED) is 0.464. The van der Waals surface area contributed by atoms with Crippen molar-refractivity contribution in [2.24, 2.45) is 0 Å². The Morgan fingerprint density at radius 2 is 1.85 bits per heavy atom. The van der Waals surface area contributed by atoms with E-state index in [1.807, 2.05) is 35.0 Å². The summed E-state index contributed by atoms with van der Waals surface area (Å²) in [7, 11) is 1.66. The third kappa shape index (κ3) is 4.58. The molecule has 0 atom stereocenters. The minimum Gasteiger partial charge on any atom is -0.497 e. The van der Waals surface area contributed by atoms with E-state index in [-0.39, 0.29) is 0 Å². The van der Waals surface area contributed by atoms with Crippen molar-refractivity contribution in [3.63, 3.8) is 0 Å². The first-order valence-corrected chi connectivity index (χ1v) is 11.1. The number of methoxy groups -OCH3 is 1. The Balaban J connectivity index is 1.38. The molecule has 170 valence electrons. The normalized spacial score (nSPS) is 13.9. The van der Waals surface area contributed by atoms with E-state index < -0.39 is 0 Å². The number of rotatable bonds is 7. The molecule has 1 aliphatic heterocycles. The molecule has 9 nitrogen and oxygen atoms in total. The second-order valence-electron chi connectivity index (χ2n) is 7.87. The second kappa shape index (κ2) is 9.41. The Hall–Kier alpha value is -3.72. The van der Waals surface area contributed by atoms with Gasteiger partial charge in [0.25, 0.3) is 0 Å². The van der Waals surface area contributed by atoms with E-state index in [0.717, 1.165) is 59.1 Å². The van der Waals surface area contributed by atoms with Gasteiger partial charge in [0, 0.05) is 37.6 Å². The molecule has 5 rings (SSSR count). The van der Waals surface area contributed by atoms with Crippen molar-refractivity contribution in [2.45, 2.75) is 19.9 Å². The van der Waals surface area contributed by atoms with Crippen molar-refractivity contribution in [2.75, 3.05) is 43.6 Å². The van der Waals surface area contributed by atoms with Crippen LogP contribution in [0.15, 0.2) is 48.9 Å². The zero-order valence-electron chi connectivity index (χ0n) is 18.9. The van der Waals surface area contributed by atoms with Crippen LogP contribution in [0.2, 0.25) is 0 Å². The fourth-order valence-corrected chi connectivity index (χ4v) is 3.82. The van der Waals surface area contributed by atoms with Crippen LogP contribution in [0.1, 0.15) is 18.2 Å². The number of hydrogen-bond acceptors (Lipinski definition) is 8. The Morgan fingerprint density at radius 3 is 2.55 bits per heavy atom. The summed E-state index contributed by atoms with van der Waals surface area (Å²) in [5.74, 6) is 2.32. The first-order chi connectivity index (χ1) is 16.2. The minimum atomic E-state index is 0.566. The molecule has 4 heterocycles. The van der Waals surface area contributed by atoms with Crippen molar-refractivity contribution in [3.8, 4) is 17.0 Å². The summed E-state index contributed by atoms with van der Waals surface area (Å²) in [5, 5.41) is 7.98. The van der Waals surface area contributed by atoms with E-state index in [9.17, 15) is 0 Å². The molecule has 0 amide bonds. The number of anilines is 2. The van der Waals surface area contributed by atoms with E-state index >= 15 is 0 Å². The number of ether oxygens (including phenoxy) is 2. The fourth-order valence-electron chi connectivity index (χ4n) is 3.82. The summed E-state index contributed by atoms with van der Waals surface area (Å²) in [4.78, 5) is 16.2. The molecule has 0 radical (unpaired) electrons. The van der Waals surface area contributed by atoms with E-state index in [4.69, 9.17) is 19.6 Å². The van der Waals surface area contributed by atoms with Crippen molar-refractivity contribution in [3.05, 3.63) is 60.2 Å². The molecule has 1 aliphatic rings. The monoisotopic (exact) mass is 445 g/mol. The summed E-state index contributed by atoms with van der Waals surface area (Å²) in [6.45, 7) is 5.75. The molecule has 9 heteroatoms. The summed E-state index contributed by atoms with van der Waals surface area (Å²) in [6.07, 6.45) is 6.41. The van der Waals surface area contributed by atoms with Crippen molar-refractivity contribution in [1.29, 1.82) is 0 Å². The molecular weight excluding hydrogens is 418 g/mol. The van der Waals surface area contributed by atoms with Gasteiger partial charge < -0.3 is 19.7 Å². The third-order valence-corrected chi connectivity index (χ3v) is 5.72. The Bertz CT molecular complexity index is 1220. The topological polar surface area (TPSA) is 89.7 Å². The maximum atomic E-state index is 5.53. The van der Waals surface area contributed by atoms with E-state index in [1.165, 1.54) is 0 Å². The molecule has 0 spiro atoms. The third-order valence-electron chi connectivity index (χ3n) is 5.72. The number of benzene rings is 1. The minimum absolute atomic E-state index is 0.566. The SMILES string of the molecule is CCc1cc2c(N3CCOCC3)nc(-c3cnc(NCc4ccc(OC)cc4)nc3)cn2n1. The Morgan fingerprint density at radius 1 is 1.09 bits per heavy atom. The van der Waals surface area contributed by atoms with Gasteiger partial charge >= 0.3 is 0 Å². The highest BCUT2D eigenvalue weighted by Crippen LogP contribution is 2.26. The molecule has 1 saturated heterocycles. The first kappa shape index (κ1) is 21.1. The van der Waals surface area contributed by atoms with Gasteiger partial charge in [0.2, 0.25) is 5.95 Å². The lowest BCUT2D eigenvalue weighted by molar-refractivity contribution is 0.122. The molecule has 3 aromatic heterocycles. The van der Waals surface area contributed by atoms with Crippen LogP contribution >= 0.6 is 0 Å². The average Bonchev–Trinajstić information content (AvgIpc) is 3.31. The lowest BCUT2D eigenvalue weighted by Crippen LogP contribution is -2.37. The van der Waals surface area contributed by atoms with E-state index in [2.05, 4.69) is 33.2 Å². The molecule has 4 aromatic rings. The molecule has 1 fully saturated rings. The van der Waals surface area contributed by atoms with Gasteiger partial charge in [-0.3, -0.25) is 0 Å². The number of nitrogens with zero attached hydrogens (tertiary/aromatic N) is 6. The van der Waals surface area contributed by atoms with Crippen LogP contribution in [-0.4, -0.2) is 58.0 Å². The van der Waals surface area contributed by atoms with Crippen LogP contribution in [0.25, 0.3) is 16.8 Å². The van der Waals surface area contributed by atoms with Gasteiger partial charge in [-0.25, -0.2) is 19.5 Å². The number of aromatic nitrogens is 5.